The number of aryl methyl sites for hydroxylation is 1. The van der Waals surface area contributed by atoms with Gasteiger partial charge in [-0.1, -0.05) is 36.6 Å². The van der Waals surface area contributed by atoms with E-state index in [2.05, 4.69) is 22.5 Å². The van der Waals surface area contributed by atoms with E-state index in [1.54, 1.807) is 4.68 Å². The van der Waals surface area contributed by atoms with E-state index in [-0.39, 0.29) is 17.2 Å². The average molecular weight is 358 g/mol. The van der Waals surface area contributed by atoms with Crippen LogP contribution >= 0.6 is 11.6 Å². The van der Waals surface area contributed by atoms with E-state index in [0.717, 1.165) is 30.8 Å². The van der Waals surface area contributed by atoms with Crippen molar-refractivity contribution in [2.24, 2.45) is 13.0 Å². The first kappa shape index (κ1) is 16.6. The van der Waals surface area contributed by atoms with Crippen LogP contribution in [0, 0.1) is 5.92 Å². The van der Waals surface area contributed by atoms with E-state index in [9.17, 15) is 4.79 Å². The van der Waals surface area contributed by atoms with Gasteiger partial charge >= 0.3 is 0 Å². The van der Waals surface area contributed by atoms with E-state index in [1.807, 2.05) is 31.6 Å². The second kappa shape index (κ2) is 6.49. The fourth-order valence-corrected chi connectivity index (χ4v) is 4.42. The molecule has 1 amide bonds. The molecule has 2 saturated carbocycles. The van der Waals surface area contributed by atoms with Crippen molar-refractivity contribution in [2.45, 2.75) is 43.4 Å². The van der Waals surface area contributed by atoms with E-state index in [0.29, 0.717) is 5.92 Å². The maximum Gasteiger partial charge on any atom is 0.223 e. The summed E-state index contributed by atoms with van der Waals surface area (Å²) < 4.78 is 1.80. The van der Waals surface area contributed by atoms with Gasteiger partial charge in [-0.05, 0) is 48.4 Å². The number of hydrogen-bond donors (Lipinski definition) is 1. The molecule has 1 heterocycles. The van der Waals surface area contributed by atoms with E-state index >= 15 is 0 Å². The van der Waals surface area contributed by atoms with Crippen molar-refractivity contribution >= 4 is 17.5 Å². The minimum absolute atomic E-state index is 0.0684. The molecule has 0 unspecified atom stereocenters. The number of benzene rings is 1. The number of amides is 1. The van der Waals surface area contributed by atoms with Crippen LogP contribution in [0.15, 0.2) is 36.7 Å². The van der Waals surface area contributed by atoms with Crippen LogP contribution in [0.5, 0.6) is 0 Å². The molecule has 0 aliphatic heterocycles. The van der Waals surface area contributed by atoms with E-state index in [1.165, 1.54) is 24.0 Å². The molecule has 4 rings (SSSR count). The predicted molar refractivity (Wildman–Crippen MR) is 98.7 cm³/mol. The van der Waals surface area contributed by atoms with Gasteiger partial charge < -0.3 is 5.32 Å². The zero-order chi connectivity index (χ0) is 17.4. The summed E-state index contributed by atoms with van der Waals surface area (Å²) in [6.45, 7) is 0.726. The summed E-state index contributed by atoms with van der Waals surface area (Å²) in [5.74, 6) is 0.630. The van der Waals surface area contributed by atoms with Gasteiger partial charge in [-0.25, -0.2) is 0 Å². The smallest absolute Gasteiger partial charge is 0.223 e. The molecule has 4 nitrogen and oxygen atoms in total. The van der Waals surface area contributed by atoms with Crippen LogP contribution in [0.4, 0.5) is 0 Å². The SMILES string of the molecule is Cn1cc([C@@H]2C[C@H]2C(=O)NCC2(c3ccc(Cl)cc3)CCCC2)cn1. The van der Waals surface area contributed by atoms with Gasteiger partial charge in [0.15, 0.2) is 0 Å². The first-order chi connectivity index (χ1) is 12.1. The number of carbonyl (C=O) groups excluding carboxylic acids is 1. The quantitative estimate of drug-likeness (QED) is 0.884. The van der Waals surface area contributed by atoms with E-state index < -0.39 is 0 Å². The Hall–Kier alpha value is -1.81. The van der Waals surface area contributed by atoms with Crippen LogP contribution in [-0.2, 0) is 17.3 Å². The highest BCUT2D eigenvalue weighted by atomic mass is 35.5. The summed E-state index contributed by atoms with van der Waals surface area (Å²) in [5.41, 5.74) is 2.55. The summed E-state index contributed by atoms with van der Waals surface area (Å²) in [6.07, 6.45) is 9.54. The Morgan fingerprint density at radius 1 is 1.32 bits per heavy atom. The Kier molecular flexibility index (Phi) is 4.32. The molecule has 2 aliphatic carbocycles. The first-order valence-electron chi connectivity index (χ1n) is 9.10. The number of nitrogens with zero attached hydrogens (tertiary/aromatic N) is 2. The lowest BCUT2D eigenvalue weighted by Crippen LogP contribution is -2.39. The zero-order valence-corrected chi connectivity index (χ0v) is 15.3. The van der Waals surface area contributed by atoms with Crippen molar-refractivity contribution in [3.8, 4) is 0 Å². The number of aromatic nitrogens is 2. The Labute approximate surface area is 153 Å². The topological polar surface area (TPSA) is 46.9 Å². The van der Waals surface area contributed by atoms with Crippen molar-refractivity contribution in [3.63, 3.8) is 0 Å². The third kappa shape index (κ3) is 3.32. The predicted octanol–water partition coefficient (Wildman–Crippen LogP) is 3.81. The molecular formula is C20H24ClN3O. The molecule has 0 bridgehead atoms. The number of nitrogens with one attached hydrogen (secondary N) is 1. The summed E-state index contributed by atoms with van der Waals surface area (Å²) in [5, 5.41) is 8.22. The molecule has 2 fully saturated rings. The van der Waals surface area contributed by atoms with Crippen molar-refractivity contribution < 1.29 is 4.79 Å². The minimum atomic E-state index is 0.0684. The fourth-order valence-electron chi connectivity index (χ4n) is 4.29. The van der Waals surface area contributed by atoms with Gasteiger partial charge in [0.1, 0.15) is 0 Å². The molecule has 2 aliphatic rings. The summed E-state index contributed by atoms with van der Waals surface area (Å²) >= 11 is 6.04. The minimum Gasteiger partial charge on any atom is -0.355 e. The van der Waals surface area contributed by atoms with Gasteiger partial charge in [-0.3, -0.25) is 9.48 Å². The molecule has 1 N–H and O–H groups in total. The van der Waals surface area contributed by atoms with Gasteiger partial charge in [0.2, 0.25) is 5.91 Å². The number of carbonyl (C=O) groups is 1. The molecule has 2 aromatic rings. The maximum atomic E-state index is 12.6. The Balaban J connectivity index is 1.40. The standard InChI is InChI=1S/C20H24ClN3O/c1-24-12-14(11-23-24)17-10-18(17)19(25)22-13-20(8-2-3-9-20)15-4-6-16(21)7-5-15/h4-7,11-12,17-18H,2-3,8-10,13H2,1H3,(H,22,25)/t17-,18+/m0/s1. The van der Waals surface area contributed by atoms with Gasteiger partial charge in [-0.15, -0.1) is 0 Å². The van der Waals surface area contributed by atoms with Crippen molar-refractivity contribution in [1.29, 1.82) is 0 Å². The van der Waals surface area contributed by atoms with Crippen LogP contribution in [0.2, 0.25) is 5.02 Å². The van der Waals surface area contributed by atoms with E-state index in [4.69, 9.17) is 11.6 Å². The number of halogens is 1. The third-order valence-electron chi connectivity index (χ3n) is 5.90. The molecule has 25 heavy (non-hydrogen) atoms. The average Bonchev–Trinajstić information content (AvgIpc) is 3.05. The molecule has 1 aromatic heterocycles. The molecule has 0 radical (unpaired) electrons. The molecule has 0 saturated heterocycles. The summed E-state index contributed by atoms with van der Waals surface area (Å²) in [4.78, 5) is 12.6. The van der Waals surface area contributed by atoms with Crippen LogP contribution in [0.3, 0.4) is 0 Å². The second-order valence-corrected chi connectivity index (χ2v) is 8.04. The highest BCUT2D eigenvalue weighted by Crippen LogP contribution is 2.48. The highest BCUT2D eigenvalue weighted by molar-refractivity contribution is 6.30. The van der Waals surface area contributed by atoms with Crippen LogP contribution in [-0.4, -0.2) is 22.2 Å². The molecule has 1 aromatic carbocycles. The highest BCUT2D eigenvalue weighted by Gasteiger charge is 2.45. The Morgan fingerprint density at radius 2 is 2.04 bits per heavy atom. The lowest BCUT2D eigenvalue weighted by atomic mass is 9.79. The molecule has 132 valence electrons. The summed E-state index contributed by atoms with van der Waals surface area (Å²) in [6, 6.07) is 8.15. The number of rotatable bonds is 5. The van der Waals surface area contributed by atoms with Crippen molar-refractivity contribution in [1.82, 2.24) is 15.1 Å². The van der Waals surface area contributed by atoms with Crippen LogP contribution in [0.1, 0.15) is 49.1 Å². The normalized spacial score (nSPS) is 24.2. The lowest BCUT2D eigenvalue weighted by Gasteiger charge is -2.30. The number of hydrogen-bond acceptors (Lipinski definition) is 2. The van der Waals surface area contributed by atoms with Gasteiger partial charge in [-0.2, -0.15) is 5.10 Å². The molecule has 5 heteroatoms. The summed E-state index contributed by atoms with van der Waals surface area (Å²) in [7, 11) is 1.91. The molecule has 2 atom stereocenters. The molecular weight excluding hydrogens is 334 g/mol. The van der Waals surface area contributed by atoms with Gasteiger partial charge in [0.05, 0.1) is 6.20 Å². The fraction of sp³-hybridized carbons (Fsp3) is 0.500. The van der Waals surface area contributed by atoms with Crippen molar-refractivity contribution in [2.75, 3.05) is 6.54 Å². The zero-order valence-electron chi connectivity index (χ0n) is 14.5. The van der Waals surface area contributed by atoms with Gasteiger partial charge in [0, 0.05) is 36.1 Å². The monoisotopic (exact) mass is 357 g/mol. The van der Waals surface area contributed by atoms with Crippen LogP contribution < -0.4 is 5.32 Å². The maximum absolute atomic E-state index is 12.6. The Bertz CT molecular complexity index is 762. The lowest BCUT2D eigenvalue weighted by molar-refractivity contribution is -0.122. The molecule has 0 spiro atoms. The Morgan fingerprint density at radius 3 is 2.68 bits per heavy atom. The van der Waals surface area contributed by atoms with Gasteiger partial charge in [0.25, 0.3) is 0 Å². The largest absolute Gasteiger partial charge is 0.355 e. The second-order valence-electron chi connectivity index (χ2n) is 7.61. The van der Waals surface area contributed by atoms with Crippen LogP contribution in [0.25, 0.3) is 0 Å². The third-order valence-corrected chi connectivity index (χ3v) is 6.15. The van der Waals surface area contributed by atoms with Crippen molar-refractivity contribution in [3.05, 3.63) is 52.8 Å². The first-order valence-corrected chi connectivity index (χ1v) is 9.47.